The molecule has 0 spiro atoms. The summed E-state index contributed by atoms with van der Waals surface area (Å²) in [5, 5.41) is 6.87. The van der Waals surface area contributed by atoms with Gasteiger partial charge in [-0.05, 0) is 42.3 Å². The van der Waals surface area contributed by atoms with Gasteiger partial charge in [0.2, 0.25) is 5.91 Å². The van der Waals surface area contributed by atoms with E-state index in [9.17, 15) is 4.79 Å². The number of nitrogens with one attached hydrogen (secondary N) is 2. The van der Waals surface area contributed by atoms with Gasteiger partial charge in [-0.2, -0.15) is 0 Å². The van der Waals surface area contributed by atoms with Gasteiger partial charge in [0.05, 0.1) is 11.7 Å². The molecule has 1 amide bonds. The highest BCUT2D eigenvalue weighted by molar-refractivity contribution is 6.32. The normalized spacial score (nSPS) is 14.4. The van der Waals surface area contributed by atoms with E-state index in [1.54, 1.807) is 12.1 Å². The molecule has 3 rings (SSSR count). The minimum atomic E-state index is -0.163. The van der Waals surface area contributed by atoms with E-state index in [4.69, 9.17) is 16.3 Å². The van der Waals surface area contributed by atoms with E-state index in [1.807, 2.05) is 43.3 Å². The summed E-state index contributed by atoms with van der Waals surface area (Å²) < 4.78 is 5.56. The maximum absolute atomic E-state index is 12.1. The average Bonchev–Trinajstić information content (AvgIpc) is 2.60. The van der Waals surface area contributed by atoms with Crippen molar-refractivity contribution in [1.29, 1.82) is 0 Å². The number of ether oxygens (including phenoxy) is 1. The molecule has 2 aromatic rings. The molecule has 0 saturated heterocycles. The number of fused-ring (bicyclic) bond motifs is 1. The van der Waals surface area contributed by atoms with Crippen molar-refractivity contribution in [2.75, 3.05) is 18.5 Å². The number of rotatable bonds is 4. The van der Waals surface area contributed by atoms with Crippen molar-refractivity contribution in [3.63, 3.8) is 0 Å². The van der Waals surface area contributed by atoms with Crippen LogP contribution in [0.2, 0.25) is 5.02 Å². The Labute approximate surface area is 146 Å². The predicted molar refractivity (Wildman–Crippen MR) is 97.5 cm³/mol. The monoisotopic (exact) mass is 342 g/mol. The molecule has 1 aliphatic heterocycles. The lowest BCUT2D eigenvalue weighted by atomic mass is 10.1. The van der Waals surface area contributed by atoms with E-state index in [-0.39, 0.29) is 11.9 Å². The number of halogens is 1. The highest BCUT2D eigenvalue weighted by atomic mass is 35.5. The lowest BCUT2D eigenvalue weighted by Gasteiger charge is -2.21. The van der Waals surface area contributed by atoms with Gasteiger partial charge in [-0.3, -0.25) is 4.79 Å². The SMILES string of the molecule is CC(NC(=O)/C=C/c1ccccc1Cl)c1ccc2c(c1)NCCO2. The molecule has 124 valence electrons. The number of amides is 1. The van der Waals surface area contributed by atoms with Crippen molar-refractivity contribution in [2.24, 2.45) is 0 Å². The minimum Gasteiger partial charge on any atom is -0.490 e. The number of carbonyl (C=O) groups is 1. The van der Waals surface area contributed by atoms with Crippen LogP contribution in [0.3, 0.4) is 0 Å². The van der Waals surface area contributed by atoms with E-state index in [0.29, 0.717) is 11.6 Å². The van der Waals surface area contributed by atoms with Gasteiger partial charge in [-0.15, -0.1) is 0 Å². The Kier molecular flexibility index (Phi) is 5.06. The fraction of sp³-hybridized carbons (Fsp3) is 0.211. The molecule has 0 aliphatic carbocycles. The molecule has 0 aromatic heterocycles. The first-order valence-corrected chi connectivity index (χ1v) is 8.25. The number of carbonyl (C=O) groups excluding carboxylic acids is 1. The van der Waals surface area contributed by atoms with Gasteiger partial charge in [0.1, 0.15) is 12.4 Å². The zero-order chi connectivity index (χ0) is 16.9. The maximum Gasteiger partial charge on any atom is 0.244 e. The third-order valence-corrected chi connectivity index (χ3v) is 4.20. The van der Waals surface area contributed by atoms with E-state index in [2.05, 4.69) is 10.6 Å². The molecule has 1 unspecified atom stereocenters. The quantitative estimate of drug-likeness (QED) is 0.825. The molecule has 2 N–H and O–H groups in total. The van der Waals surface area contributed by atoms with Crippen LogP contribution in [-0.2, 0) is 4.79 Å². The second kappa shape index (κ2) is 7.41. The summed E-state index contributed by atoms with van der Waals surface area (Å²) in [4.78, 5) is 12.1. The van der Waals surface area contributed by atoms with Crippen LogP contribution in [0.15, 0.2) is 48.5 Å². The Bertz CT molecular complexity index is 774. The van der Waals surface area contributed by atoms with E-state index in [0.717, 1.165) is 29.1 Å². The van der Waals surface area contributed by atoms with E-state index >= 15 is 0 Å². The Morgan fingerprint density at radius 2 is 2.17 bits per heavy atom. The second-order valence-electron chi connectivity index (χ2n) is 5.62. The van der Waals surface area contributed by atoms with Crippen LogP contribution < -0.4 is 15.4 Å². The van der Waals surface area contributed by atoms with Crippen LogP contribution in [0.5, 0.6) is 5.75 Å². The predicted octanol–water partition coefficient (Wildman–Crippen LogP) is 4.03. The summed E-state index contributed by atoms with van der Waals surface area (Å²) in [6.07, 6.45) is 3.21. The number of anilines is 1. The van der Waals surface area contributed by atoms with Crippen molar-refractivity contribution in [1.82, 2.24) is 5.32 Å². The van der Waals surface area contributed by atoms with Crippen LogP contribution in [0.1, 0.15) is 24.1 Å². The molecule has 0 saturated carbocycles. The molecule has 0 bridgehead atoms. The lowest BCUT2D eigenvalue weighted by molar-refractivity contribution is -0.117. The first-order valence-electron chi connectivity index (χ1n) is 7.87. The van der Waals surface area contributed by atoms with Crippen molar-refractivity contribution < 1.29 is 9.53 Å². The van der Waals surface area contributed by atoms with Gasteiger partial charge in [0.25, 0.3) is 0 Å². The van der Waals surface area contributed by atoms with Crippen LogP contribution in [0, 0.1) is 0 Å². The first kappa shape index (κ1) is 16.4. The van der Waals surface area contributed by atoms with E-state index < -0.39 is 0 Å². The summed E-state index contributed by atoms with van der Waals surface area (Å²) in [5.74, 6) is 0.687. The Morgan fingerprint density at radius 1 is 1.33 bits per heavy atom. The van der Waals surface area contributed by atoms with Crippen LogP contribution >= 0.6 is 11.6 Å². The number of benzene rings is 2. The summed E-state index contributed by atoms with van der Waals surface area (Å²) in [6, 6.07) is 13.2. The summed E-state index contributed by atoms with van der Waals surface area (Å²) in [6.45, 7) is 3.41. The van der Waals surface area contributed by atoms with Gasteiger partial charge in [0, 0.05) is 17.6 Å². The van der Waals surface area contributed by atoms with Gasteiger partial charge in [-0.1, -0.05) is 35.9 Å². The molecule has 5 heteroatoms. The fourth-order valence-electron chi connectivity index (χ4n) is 2.55. The standard InChI is InChI=1S/C19H19ClN2O2/c1-13(15-6-8-18-17(12-15)21-10-11-24-18)22-19(23)9-7-14-4-2-3-5-16(14)20/h2-9,12-13,21H,10-11H2,1H3,(H,22,23)/b9-7+. The second-order valence-corrected chi connectivity index (χ2v) is 6.02. The summed E-state index contributed by atoms with van der Waals surface area (Å²) >= 11 is 6.08. The molecule has 2 aromatic carbocycles. The third kappa shape index (κ3) is 3.89. The average molecular weight is 343 g/mol. The molecule has 24 heavy (non-hydrogen) atoms. The number of hydrogen-bond acceptors (Lipinski definition) is 3. The fourth-order valence-corrected chi connectivity index (χ4v) is 2.75. The minimum absolute atomic E-state index is 0.109. The zero-order valence-corrected chi connectivity index (χ0v) is 14.1. The highest BCUT2D eigenvalue weighted by Crippen LogP contribution is 2.30. The topological polar surface area (TPSA) is 50.4 Å². The summed E-state index contributed by atoms with van der Waals surface area (Å²) in [5.41, 5.74) is 2.80. The zero-order valence-electron chi connectivity index (χ0n) is 13.4. The summed E-state index contributed by atoms with van der Waals surface area (Å²) in [7, 11) is 0. The van der Waals surface area contributed by atoms with Crippen LogP contribution in [-0.4, -0.2) is 19.1 Å². The van der Waals surface area contributed by atoms with Gasteiger partial charge in [0.15, 0.2) is 0 Å². The van der Waals surface area contributed by atoms with Crippen molar-refractivity contribution in [3.8, 4) is 5.75 Å². The van der Waals surface area contributed by atoms with Gasteiger partial charge >= 0.3 is 0 Å². The Morgan fingerprint density at radius 3 is 3.00 bits per heavy atom. The van der Waals surface area contributed by atoms with Crippen LogP contribution in [0.4, 0.5) is 5.69 Å². The molecular weight excluding hydrogens is 324 g/mol. The largest absolute Gasteiger partial charge is 0.490 e. The van der Waals surface area contributed by atoms with Gasteiger partial charge < -0.3 is 15.4 Å². The molecule has 1 heterocycles. The Hall–Kier alpha value is -2.46. The third-order valence-electron chi connectivity index (χ3n) is 3.86. The highest BCUT2D eigenvalue weighted by Gasteiger charge is 2.13. The lowest BCUT2D eigenvalue weighted by Crippen LogP contribution is -2.25. The number of hydrogen-bond donors (Lipinski definition) is 2. The van der Waals surface area contributed by atoms with Crippen molar-refractivity contribution >= 4 is 29.3 Å². The molecule has 4 nitrogen and oxygen atoms in total. The molecule has 0 radical (unpaired) electrons. The molecular formula is C19H19ClN2O2. The maximum atomic E-state index is 12.1. The molecule has 0 fully saturated rings. The first-order chi connectivity index (χ1) is 11.6. The van der Waals surface area contributed by atoms with Crippen molar-refractivity contribution in [3.05, 3.63) is 64.7 Å². The molecule has 1 aliphatic rings. The molecule has 1 atom stereocenters. The Balaban J connectivity index is 1.65. The van der Waals surface area contributed by atoms with Crippen LogP contribution in [0.25, 0.3) is 6.08 Å². The van der Waals surface area contributed by atoms with E-state index in [1.165, 1.54) is 6.08 Å². The van der Waals surface area contributed by atoms with Crippen molar-refractivity contribution in [2.45, 2.75) is 13.0 Å². The van der Waals surface area contributed by atoms with Gasteiger partial charge in [-0.25, -0.2) is 0 Å². The smallest absolute Gasteiger partial charge is 0.244 e.